The summed E-state index contributed by atoms with van der Waals surface area (Å²) >= 11 is 6.16. The zero-order chi connectivity index (χ0) is 15.0. The van der Waals surface area contributed by atoms with E-state index >= 15 is 0 Å². The second-order valence-electron chi connectivity index (χ2n) is 5.47. The highest BCUT2D eigenvalue weighted by Crippen LogP contribution is 2.26. The van der Waals surface area contributed by atoms with Gasteiger partial charge in [-0.1, -0.05) is 11.6 Å². The van der Waals surface area contributed by atoms with E-state index in [0.29, 0.717) is 10.6 Å². The summed E-state index contributed by atoms with van der Waals surface area (Å²) in [6.45, 7) is 7.05. The number of halogens is 1. The third-order valence-electron chi connectivity index (χ3n) is 3.83. The van der Waals surface area contributed by atoms with E-state index in [4.69, 9.17) is 11.6 Å². The van der Waals surface area contributed by atoms with Crippen LogP contribution in [0.25, 0.3) is 10.9 Å². The van der Waals surface area contributed by atoms with Gasteiger partial charge in [0.25, 0.3) is 5.91 Å². The first kappa shape index (κ1) is 14.3. The summed E-state index contributed by atoms with van der Waals surface area (Å²) < 4.78 is 0. The lowest BCUT2D eigenvalue weighted by atomic mass is 10.0. The average molecular weight is 304 g/mol. The van der Waals surface area contributed by atoms with Gasteiger partial charge in [0.05, 0.1) is 11.1 Å². The molecule has 1 amide bonds. The normalized spacial score (nSPS) is 15.5. The highest BCUT2D eigenvalue weighted by Gasteiger charge is 2.21. The Labute approximate surface area is 129 Å². The van der Waals surface area contributed by atoms with Gasteiger partial charge in [-0.3, -0.25) is 9.78 Å². The van der Waals surface area contributed by atoms with Crippen LogP contribution in [-0.4, -0.2) is 42.0 Å². The number of nitrogens with zero attached hydrogens (tertiary/aromatic N) is 2. The Balaban J connectivity index is 2.14. The minimum Gasteiger partial charge on any atom is -0.336 e. The Hall–Kier alpha value is -1.65. The van der Waals surface area contributed by atoms with Gasteiger partial charge in [0.1, 0.15) is 0 Å². The number of hydrogen-bond acceptors (Lipinski definition) is 3. The molecule has 21 heavy (non-hydrogen) atoms. The van der Waals surface area contributed by atoms with E-state index in [0.717, 1.165) is 48.3 Å². The number of aryl methyl sites for hydroxylation is 2. The van der Waals surface area contributed by atoms with Crippen molar-refractivity contribution < 1.29 is 4.79 Å². The molecule has 1 aromatic carbocycles. The molecule has 0 saturated carbocycles. The van der Waals surface area contributed by atoms with Crippen LogP contribution in [0.4, 0.5) is 0 Å². The number of pyridine rings is 1. The van der Waals surface area contributed by atoms with E-state index in [1.165, 1.54) is 0 Å². The molecule has 0 bridgehead atoms. The zero-order valence-electron chi connectivity index (χ0n) is 12.2. The van der Waals surface area contributed by atoms with Crippen molar-refractivity contribution in [1.29, 1.82) is 0 Å². The Bertz CT molecular complexity index is 708. The summed E-state index contributed by atoms with van der Waals surface area (Å²) in [6, 6.07) is 5.59. The molecule has 5 heteroatoms. The van der Waals surface area contributed by atoms with Gasteiger partial charge in [-0.2, -0.15) is 0 Å². The quantitative estimate of drug-likeness (QED) is 0.880. The Kier molecular flexibility index (Phi) is 3.83. The lowest BCUT2D eigenvalue weighted by molar-refractivity contribution is 0.0737. The molecule has 4 nitrogen and oxygen atoms in total. The number of carbonyl (C=O) groups is 1. The van der Waals surface area contributed by atoms with Crippen LogP contribution in [0.15, 0.2) is 18.2 Å². The Morgan fingerprint density at radius 1 is 1.24 bits per heavy atom. The molecular weight excluding hydrogens is 286 g/mol. The topological polar surface area (TPSA) is 45.2 Å². The van der Waals surface area contributed by atoms with Crippen LogP contribution >= 0.6 is 11.6 Å². The number of benzene rings is 1. The van der Waals surface area contributed by atoms with Gasteiger partial charge < -0.3 is 10.2 Å². The van der Waals surface area contributed by atoms with Crippen molar-refractivity contribution in [3.05, 3.63) is 40.0 Å². The van der Waals surface area contributed by atoms with E-state index < -0.39 is 0 Å². The minimum atomic E-state index is 0.0636. The standard InChI is InChI=1S/C16H18ClN3O/c1-10-7-12(17)9-13-14(8-11(2)19-15(10)13)16(21)20-5-3-18-4-6-20/h7-9,18H,3-6H2,1-2H3. The molecule has 0 aliphatic carbocycles. The van der Waals surface area contributed by atoms with E-state index in [1.54, 1.807) is 0 Å². The van der Waals surface area contributed by atoms with E-state index in [2.05, 4.69) is 10.3 Å². The van der Waals surface area contributed by atoms with Gasteiger partial charge >= 0.3 is 0 Å². The first-order valence-electron chi connectivity index (χ1n) is 7.14. The van der Waals surface area contributed by atoms with Crippen molar-refractivity contribution >= 4 is 28.4 Å². The third-order valence-corrected chi connectivity index (χ3v) is 4.05. The summed E-state index contributed by atoms with van der Waals surface area (Å²) in [5.74, 6) is 0.0636. The monoisotopic (exact) mass is 303 g/mol. The third kappa shape index (κ3) is 2.74. The molecule has 2 heterocycles. The van der Waals surface area contributed by atoms with Crippen molar-refractivity contribution in [3.63, 3.8) is 0 Å². The number of carbonyl (C=O) groups excluding carboxylic acids is 1. The second kappa shape index (κ2) is 5.62. The van der Waals surface area contributed by atoms with Gasteiger partial charge in [-0.05, 0) is 37.6 Å². The van der Waals surface area contributed by atoms with Gasteiger partial charge in [-0.15, -0.1) is 0 Å². The Morgan fingerprint density at radius 2 is 1.95 bits per heavy atom. The van der Waals surface area contributed by atoms with E-state index in [-0.39, 0.29) is 5.91 Å². The number of amides is 1. The fraction of sp³-hybridized carbons (Fsp3) is 0.375. The van der Waals surface area contributed by atoms with Crippen LogP contribution in [0, 0.1) is 13.8 Å². The maximum atomic E-state index is 12.8. The molecule has 1 aliphatic rings. The molecule has 1 aliphatic heterocycles. The van der Waals surface area contributed by atoms with Crippen LogP contribution in [0.1, 0.15) is 21.6 Å². The number of rotatable bonds is 1. The van der Waals surface area contributed by atoms with Crippen LogP contribution in [0.3, 0.4) is 0 Å². The predicted molar refractivity (Wildman–Crippen MR) is 85.0 cm³/mol. The molecule has 1 N–H and O–H groups in total. The number of piperazine rings is 1. The molecular formula is C16H18ClN3O. The molecule has 2 aromatic rings. The van der Waals surface area contributed by atoms with Crippen molar-refractivity contribution in [3.8, 4) is 0 Å². The first-order valence-corrected chi connectivity index (χ1v) is 7.51. The number of nitrogens with one attached hydrogen (secondary N) is 1. The molecule has 3 rings (SSSR count). The maximum absolute atomic E-state index is 12.8. The fourth-order valence-electron chi connectivity index (χ4n) is 2.80. The zero-order valence-corrected chi connectivity index (χ0v) is 13.0. The van der Waals surface area contributed by atoms with Crippen LogP contribution < -0.4 is 5.32 Å². The summed E-state index contributed by atoms with van der Waals surface area (Å²) in [6.07, 6.45) is 0. The Morgan fingerprint density at radius 3 is 2.67 bits per heavy atom. The number of fused-ring (bicyclic) bond motifs is 1. The van der Waals surface area contributed by atoms with Crippen molar-refractivity contribution in [2.24, 2.45) is 0 Å². The van der Waals surface area contributed by atoms with Gasteiger partial charge in [0, 0.05) is 42.3 Å². The average Bonchev–Trinajstić information content (AvgIpc) is 2.47. The second-order valence-corrected chi connectivity index (χ2v) is 5.91. The summed E-state index contributed by atoms with van der Waals surface area (Å²) in [5, 5.41) is 4.74. The van der Waals surface area contributed by atoms with Crippen LogP contribution in [0.2, 0.25) is 5.02 Å². The van der Waals surface area contributed by atoms with Crippen LogP contribution in [0.5, 0.6) is 0 Å². The molecule has 0 unspecified atom stereocenters. The highest BCUT2D eigenvalue weighted by atomic mass is 35.5. The molecule has 1 aromatic heterocycles. The van der Waals surface area contributed by atoms with Gasteiger partial charge in [0.2, 0.25) is 0 Å². The lowest BCUT2D eigenvalue weighted by Crippen LogP contribution is -2.46. The summed E-state index contributed by atoms with van der Waals surface area (Å²) in [7, 11) is 0. The fourth-order valence-corrected chi connectivity index (χ4v) is 3.07. The van der Waals surface area contributed by atoms with E-state index in [1.807, 2.05) is 36.9 Å². The molecule has 0 radical (unpaired) electrons. The lowest BCUT2D eigenvalue weighted by Gasteiger charge is -2.28. The number of aromatic nitrogens is 1. The van der Waals surface area contributed by atoms with Gasteiger partial charge in [-0.25, -0.2) is 0 Å². The predicted octanol–water partition coefficient (Wildman–Crippen LogP) is 2.55. The highest BCUT2D eigenvalue weighted by molar-refractivity contribution is 6.31. The minimum absolute atomic E-state index is 0.0636. The largest absolute Gasteiger partial charge is 0.336 e. The summed E-state index contributed by atoms with van der Waals surface area (Å²) in [4.78, 5) is 19.3. The smallest absolute Gasteiger partial charge is 0.254 e. The molecule has 0 atom stereocenters. The molecule has 110 valence electrons. The van der Waals surface area contributed by atoms with E-state index in [9.17, 15) is 4.79 Å². The van der Waals surface area contributed by atoms with Crippen molar-refractivity contribution in [2.45, 2.75) is 13.8 Å². The summed E-state index contributed by atoms with van der Waals surface area (Å²) in [5.41, 5.74) is 3.41. The first-order chi connectivity index (χ1) is 10.1. The van der Waals surface area contributed by atoms with Crippen molar-refractivity contribution in [1.82, 2.24) is 15.2 Å². The molecule has 1 saturated heterocycles. The van der Waals surface area contributed by atoms with Crippen LogP contribution in [-0.2, 0) is 0 Å². The maximum Gasteiger partial charge on any atom is 0.254 e. The number of hydrogen-bond donors (Lipinski definition) is 1. The van der Waals surface area contributed by atoms with Crippen molar-refractivity contribution in [2.75, 3.05) is 26.2 Å². The molecule has 0 spiro atoms. The molecule has 1 fully saturated rings. The van der Waals surface area contributed by atoms with Gasteiger partial charge in [0.15, 0.2) is 0 Å². The SMILES string of the molecule is Cc1cc(C(=O)N2CCNCC2)c2cc(Cl)cc(C)c2n1.